The average Bonchev–Trinajstić information content (AvgIpc) is 1.37. The van der Waals surface area contributed by atoms with Crippen LogP contribution in [-0.2, 0) is 70.7 Å². The van der Waals surface area contributed by atoms with Crippen LogP contribution in [-0.4, -0.2) is 166 Å². The Balaban J connectivity index is 0.000000267. The van der Waals surface area contributed by atoms with Gasteiger partial charge in [-0.05, 0) is 105 Å². The molecule has 2 aliphatic carbocycles. The molecule has 0 saturated heterocycles. The largest absolute Gasteiger partial charge is 0.503 e. The van der Waals surface area contributed by atoms with Gasteiger partial charge in [-0.1, -0.05) is 58.9 Å². The molecule has 564 valence electrons. The molecule has 2 aliphatic heterocycles. The lowest BCUT2D eigenvalue weighted by atomic mass is 9.89. The molecule has 8 N–H and O–H groups in total. The highest BCUT2D eigenvalue weighted by Crippen LogP contribution is 2.35. The standard InChI is InChI=1S/C34H46N6O4.C31H38N6O6.C6H2F4O4S.CO2/c1-5-14-40(15-7-16-44-33(43)38-27-8-6-9-27)32(42)25-17-24-11-10-23(18-29(24)39-30(35)19-25)26-21-36-31(37-22-26)13-12-28(41)20-34(2,3)4;1-2-11-37(12-4-13-43-31(41)35-25-5-3-6-25)30(40)23-14-22-8-7-21(15-27(22)36-28(32)16-23)24-17-33-29(34-18-24)10-9-26(39)19-42-20-38;7-1-3(9)6(15(12,13)14)4(10)2(8)5(1)11;2-1-3/h10-11,17-18,21-22,27H,5-9,12-16,19-20H2,1-4H3,(H2,35,39)(H,38,43);7-8,14-15,17-18,20,25H,2-6,9-13,16,19H2,1H3,(H2,32,36)(H,35,41);11H,(H,12,13,14);. The van der Waals surface area contributed by atoms with E-state index >= 15 is 0 Å². The molecular formula is C72H86F4N12O16S. The Labute approximate surface area is 604 Å². The second kappa shape index (κ2) is 40.4. The lowest BCUT2D eigenvalue weighted by Gasteiger charge is -2.26. The van der Waals surface area contributed by atoms with Crippen molar-refractivity contribution in [2.45, 2.75) is 161 Å². The van der Waals surface area contributed by atoms with E-state index in [1.165, 1.54) is 0 Å². The molecule has 105 heavy (non-hydrogen) atoms. The van der Waals surface area contributed by atoms with Crippen molar-refractivity contribution in [3.8, 4) is 28.0 Å². The maximum atomic E-state index is 13.6. The minimum Gasteiger partial charge on any atom is -0.503 e. The number of nitrogens with two attached hydrogens (primary N) is 2. The number of carbonyl (C=O) groups excluding carboxylic acids is 9. The number of nitrogens with zero attached hydrogens (tertiary/aromatic N) is 8. The molecule has 0 atom stereocenters. The van der Waals surface area contributed by atoms with Crippen molar-refractivity contribution in [2.75, 3.05) is 46.0 Å². The van der Waals surface area contributed by atoms with E-state index in [0.717, 1.165) is 84.7 Å². The van der Waals surface area contributed by atoms with E-state index in [1.807, 2.05) is 62.4 Å². The topological polar surface area (TPSA) is 415 Å². The predicted molar refractivity (Wildman–Crippen MR) is 375 cm³/mol. The van der Waals surface area contributed by atoms with Gasteiger partial charge in [-0.3, -0.25) is 28.5 Å². The van der Waals surface area contributed by atoms with Crippen LogP contribution in [0.3, 0.4) is 0 Å². The van der Waals surface area contributed by atoms with Crippen molar-refractivity contribution < 1.29 is 93.0 Å². The Bertz CT molecular complexity index is 4170. The number of aromatic nitrogens is 4. The molecule has 2 saturated carbocycles. The summed E-state index contributed by atoms with van der Waals surface area (Å²) < 4.78 is 94.6. The smallest absolute Gasteiger partial charge is 0.407 e. The number of benzene rings is 3. The number of aromatic hydroxyl groups is 1. The molecule has 2 aromatic heterocycles. The first-order valence-corrected chi connectivity index (χ1v) is 35.4. The third-order valence-corrected chi connectivity index (χ3v) is 17.3. The monoisotopic (exact) mass is 1480 g/mol. The van der Waals surface area contributed by atoms with Gasteiger partial charge in [0.05, 0.1) is 24.6 Å². The van der Waals surface area contributed by atoms with Crippen LogP contribution in [0.15, 0.2) is 87.2 Å². The van der Waals surface area contributed by atoms with Crippen LogP contribution in [0.25, 0.3) is 34.4 Å². The highest BCUT2D eigenvalue weighted by molar-refractivity contribution is 7.85. The van der Waals surface area contributed by atoms with Crippen LogP contribution in [0.4, 0.5) is 38.5 Å². The number of aliphatic imine (C=N–C) groups is 2. The van der Waals surface area contributed by atoms with Gasteiger partial charge in [0.15, 0.2) is 28.1 Å². The van der Waals surface area contributed by atoms with Crippen molar-refractivity contribution in [3.05, 3.63) is 118 Å². The number of amidine groups is 2. The Kier molecular flexibility index (Phi) is 32.1. The number of ketones is 2. The van der Waals surface area contributed by atoms with E-state index < -0.39 is 50.1 Å². The highest BCUT2D eigenvalue weighted by atomic mass is 32.2. The summed E-state index contributed by atoms with van der Waals surface area (Å²) in [6.07, 6.45) is 21.4. The third kappa shape index (κ3) is 26.2. The van der Waals surface area contributed by atoms with Crippen molar-refractivity contribution in [3.63, 3.8) is 0 Å². The van der Waals surface area contributed by atoms with Gasteiger partial charge in [0.2, 0.25) is 23.4 Å². The second-order valence-electron chi connectivity index (χ2n) is 26.0. The number of alkyl carbamates (subject to hydrolysis) is 2. The Morgan fingerprint density at radius 2 is 1.04 bits per heavy atom. The molecule has 4 amide bonds. The molecule has 0 bridgehead atoms. The first kappa shape index (κ1) is 83.3. The summed E-state index contributed by atoms with van der Waals surface area (Å²) in [6, 6.07) is 11.9. The maximum absolute atomic E-state index is 13.6. The number of rotatable bonds is 29. The number of phenolic OH excluding ortho intramolecular Hbond substituents is 1. The summed E-state index contributed by atoms with van der Waals surface area (Å²) in [4.78, 5) is 130. The fourth-order valence-corrected chi connectivity index (χ4v) is 11.5. The Morgan fingerprint density at radius 1 is 0.638 bits per heavy atom. The summed E-state index contributed by atoms with van der Waals surface area (Å²) >= 11 is 0. The maximum Gasteiger partial charge on any atom is 0.407 e. The number of nitrogens with one attached hydrogen (secondary N) is 2. The zero-order chi connectivity index (χ0) is 77.0. The van der Waals surface area contributed by atoms with E-state index in [1.54, 1.807) is 34.6 Å². The van der Waals surface area contributed by atoms with E-state index in [4.69, 9.17) is 40.2 Å². The molecule has 5 aromatic rings. The summed E-state index contributed by atoms with van der Waals surface area (Å²) in [5, 5.41) is 14.2. The number of phenols is 1. The van der Waals surface area contributed by atoms with Gasteiger partial charge >= 0.3 is 28.5 Å². The van der Waals surface area contributed by atoms with Gasteiger partial charge in [-0.15, -0.1) is 0 Å². The molecule has 9 rings (SSSR count). The van der Waals surface area contributed by atoms with Gasteiger partial charge in [0, 0.05) is 141 Å². The highest BCUT2D eigenvalue weighted by Gasteiger charge is 2.33. The van der Waals surface area contributed by atoms with Crippen molar-refractivity contribution in [2.24, 2.45) is 26.9 Å². The third-order valence-electron chi connectivity index (χ3n) is 16.4. The number of fused-ring (bicyclic) bond motifs is 2. The summed E-state index contributed by atoms with van der Waals surface area (Å²) in [5.74, 6) is -9.76. The van der Waals surface area contributed by atoms with E-state index in [2.05, 4.69) is 66.1 Å². The first-order valence-electron chi connectivity index (χ1n) is 34.0. The van der Waals surface area contributed by atoms with E-state index in [0.29, 0.717) is 111 Å². The van der Waals surface area contributed by atoms with Crippen LogP contribution in [0.2, 0.25) is 0 Å². The molecule has 2 fully saturated rings. The number of ether oxygens (including phenoxy) is 3. The number of aryl methyl sites for hydroxylation is 2. The number of amides is 4. The normalized spacial score (nSPS) is 13.8. The fourth-order valence-electron chi connectivity index (χ4n) is 10.8. The van der Waals surface area contributed by atoms with Crippen LogP contribution >= 0.6 is 0 Å². The minimum absolute atomic E-state index is 0.0266. The van der Waals surface area contributed by atoms with Gasteiger partial charge in [0.25, 0.3) is 6.47 Å². The lowest BCUT2D eigenvalue weighted by molar-refractivity contribution is -0.191. The molecule has 28 nitrogen and oxygen atoms in total. The molecule has 4 heterocycles. The lowest BCUT2D eigenvalue weighted by Crippen LogP contribution is -2.40. The molecule has 33 heteroatoms. The number of hydrogen-bond acceptors (Lipinski definition) is 23. The number of carbonyl (C=O) groups is 7. The zero-order valence-electron chi connectivity index (χ0n) is 58.9. The van der Waals surface area contributed by atoms with Crippen LogP contribution < -0.4 is 22.1 Å². The molecule has 0 radical (unpaired) electrons. The predicted octanol–water partition coefficient (Wildman–Crippen LogP) is 9.88. The van der Waals surface area contributed by atoms with Crippen LogP contribution in [0.5, 0.6) is 5.75 Å². The SMILES string of the molecule is CCCN(CCCOC(=O)NC1CCC1)C(=O)C1=Cc2ccc(-c3cnc(CCC(=O)CC(C)(C)C)nc3)cc2N=C(N)C1.CCCN(CCCOC(=O)NC1CCC1)C(=O)C1=Cc2ccc(-c3cnc(CCC(=O)COC=O)nc3)cc2N=C(N)C1.O=C=O.O=S(=O)(O)c1c(F)c(F)c(O)c(F)c1F. The number of hydrogen-bond donors (Lipinski definition) is 6. The Morgan fingerprint density at radius 3 is 1.39 bits per heavy atom. The molecule has 0 unspecified atom stereocenters. The number of Topliss-reactive ketones (excluding diaryl/α,β-unsaturated/α-hetero) is 2. The van der Waals surface area contributed by atoms with Gasteiger partial charge in [0.1, 0.15) is 35.7 Å². The second-order valence-corrected chi connectivity index (χ2v) is 27.4. The number of halogens is 4. The van der Waals surface area contributed by atoms with Crippen LogP contribution in [0.1, 0.15) is 154 Å². The first-order chi connectivity index (χ1) is 49.9. The van der Waals surface area contributed by atoms with Crippen molar-refractivity contribution >= 4 is 93.5 Å². The quantitative estimate of drug-likeness (QED) is 0.00647. The summed E-state index contributed by atoms with van der Waals surface area (Å²) in [7, 11) is -5.47. The van der Waals surface area contributed by atoms with Crippen molar-refractivity contribution in [1.29, 1.82) is 0 Å². The van der Waals surface area contributed by atoms with Crippen LogP contribution in [0, 0.1) is 28.7 Å². The Hall–Kier alpha value is -10.7. The van der Waals surface area contributed by atoms with E-state index in [9.17, 15) is 59.5 Å². The molecule has 3 aromatic carbocycles. The molecule has 4 aliphatic rings. The minimum atomic E-state index is -5.47. The zero-order valence-corrected chi connectivity index (χ0v) is 59.7. The van der Waals surface area contributed by atoms with E-state index in [-0.39, 0.29) is 98.7 Å². The summed E-state index contributed by atoms with van der Waals surface area (Å²) in [5.41, 5.74) is 19.8. The average molecular weight is 1480 g/mol. The molecular weight excluding hydrogens is 1400 g/mol. The summed E-state index contributed by atoms with van der Waals surface area (Å²) in [6.45, 7) is 12.8. The van der Waals surface area contributed by atoms with Gasteiger partial charge < -0.3 is 51.2 Å². The van der Waals surface area contributed by atoms with Crippen molar-refractivity contribution in [1.82, 2.24) is 40.4 Å². The fraction of sp³-hybridized carbons (Fsp3) is 0.444. The van der Waals surface area contributed by atoms with Gasteiger partial charge in [-0.25, -0.2) is 48.3 Å². The molecule has 0 spiro atoms. The van der Waals surface area contributed by atoms with Gasteiger partial charge in [-0.2, -0.15) is 26.8 Å².